The van der Waals surface area contributed by atoms with Crippen LogP contribution >= 0.6 is 0 Å². The van der Waals surface area contributed by atoms with E-state index in [1.165, 1.54) is 6.20 Å². The van der Waals surface area contributed by atoms with Gasteiger partial charge in [0.2, 0.25) is 0 Å². The number of aromatic nitrogens is 2. The molecule has 1 aromatic carbocycles. The Morgan fingerprint density at radius 3 is 2.81 bits per heavy atom. The molecule has 8 nitrogen and oxygen atoms in total. The van der Waals surface area contributed by atoms with E-state index in [0.29, 0.717) is 35.4 Å². The summed E-state index contributed by atoms with van der Waals surface area (Å²) in [6.07, 6.45) is 3.16. The summed E-state index contributed by atoms with van der Waals surface area (Å²) < 4.78 is 5.59. The van der Waals surface area contributed by atoms with Crippen molar-refractivity contribution in [2.45, 2.75) is 46.1 Å². The average molecular weight is 422 g/mol. The summed E-state index contributed by atoms with van der Waals surface area (Å²) in [4.78, 5) is 36.3. The zero-order valence-electron chi connectivity index (χ0n) is 18.2. The monoisotopic (exact) mass is 421 g/mol. The van der Waals surface area contributed by atoms with E-state index in [-0.39, 0.29) is 0 Å². The molecule has 4 rings (SSSR count). The van der Waals surface area contributed by atoms with Crippen LogP contribution in [0.2, 0.25) is 0 Å². The van der Waals surface area contributed by atoms with Crippen LogP contribution in [-0.2, 0) is 15.1 Å². The number of nitrogens with one attached hydrogen (secondary N) is 1. The van der Waals surface area contributed by atoms with Crippen molar-refractivity contribution in [1.82, 2.24) is 14.9 Å². The molecule has 162 valence electrons. The molecule has 1 aliphatic rings. The van der Waals surface area contributed by atoms with Crippen LogP contribution in [0.4, 0.5) is 11.5 Å². The molecule has 2 amide bonds. The Bertz CT molecular complexity index is 1170. The van der Waals surface area contributed by atoms with Gasteiger partial charge in [-0.2, -0.15) is 0 Å². The predicted octanol–water partition coefficient (Wildman–Crippen LogP) is 3.53. The fraction of sp³-hybridized carbons (Fsp3) is 0.391. The molecule has 2 atom stereocenters. The number of carbonyl (C=O) groups is 2. The number of hydrogen-bond acceptors (Lipinski definition) is 6. The first-order valence-electron chi connectivity index (χ1n) is 10.4. The van der Waals surface area contributed by atoms with Crippen LogP contribution in [0, 0.1) is 19.8 Å². The first-order chi connectivity index (χ1) is 14.7. The fourth-order valence-electron chi connectivity index (χ4n) is 4.21. The summed E-state index contributed by atoms with van der Waals surface area (Å²) in [7, 11) is 0. The van der Waals surface area contributed by atoms with E-state index < -0.39 is 17.4 Å². The first-order valence-corrected chi connectivity index (χ1v) is 10.4. The van der Waals surface area contributed by atoms with Crippen molar-refractivity contribution in [1.29, 1.82) is 0 Å². The molecule has 1 aliphatic heterocycles. The van der Waals surface area contributed by atoms with E-state index in [2.05, 4.69) is 22.2 Å². The topological polar surface area (TPSA) is 114 Å². The number of nitrogen functional groups attached to an aromatic ring is 1. The molecule has 0 unspecified atom stereocenters. The second kappa shape index (κ2) is 7.68. The largest absolute Gasteiger partial charge is 0.441 e. The van der Waals surface area contributed by atoms with Crippen molar-refractivity contribution in [2.75, 3.05) is 17.6 Å². The molecule has 31 heavy (non-hydrogen) atoms. The van der Waals surface area contributed by atoms with Crippen LogP contribution in [0.5, 0.6) is 0 Å². The van der Waals surface area contributed by atoms with Gasteiger partial charge < -0.3 is 20.4 Å². The minimum Gasteiger partial charge on any atom is -0.441 e. The van der Waals surface area contributed by atoms with Gasteiger partial charge in [0.05, 0.1) is 17.4 Å². The third kappa shape index (κ3) is 3.85. The van der Waals surface area contributed by atoms with Gasteiger partial charge in [0.15, 0.2) is 11.5 Å². The van der Waals surface area contributed by atoms with Crippen LogP contribution in [0.1, 0.15) is 43.7 Å². The van der Waals surface area contributed by atoms with Gasteiger partial charge in [0, 0.05) is 13.5 Å². The molecule has 8 heteroatoms. The van der Waals surface area contributed by atoms with Crippen molar-refractivity contribution < 1.29 is 14.0 Å². The molecule has 2 aromatic heterocycles. The smallest absolute Gasteiger partial charge is 0.313 e. The standard InChI is InChI=1S/C23H27N5O3/c1-13-7-8-23(4,16-5-6-19-18(10-16)26-15(3)31-19)28(12-13)22(30)21(29)27-17-9-14(2)20(24)25-11-17/h5-6,9-11,13H,7-8,12H2,1-4H3,(H2,24,25)(H,27,29)/t13-,23-/m0/s1. The van der Waals surface area contributed by atoms with E-state index in [9.17, 15) is 9.59 Å². The fourth-order valence-corrected chi connectivity index (χ4v) is 4.21. The number of piperidine rings is 1. The van der Waals surface area contributed by atoms with Gasteiger partial charge in [-0.05, 0) is 61.9 Å². The third-order valence-electron chi connectivity index (χ3n) is 6.15. The number of carbonyl (C=O) groups excluding carboxylic acids is 2. The lowest BCUT2D eigenvalue weighted by molar-refractivity contribution is -0.150. The number of aryl methyl sites for hydroxylation is 2. The van der Waals surface area contributed by atoms with Crippen molar-refractivity contribution in [2.24, 2.45) is 5.92 Å². The van der Waals surface area contributed by atoms with E-state index in [4.69, 9.17) is 10.2 Å². The maximum atomic E-state index is 13.3. The minimum absolute atomic E-state index is 0.295. The molecule has 0 saturated carbocycles. The number of benzene rings is 1. The van der Waals surface area contributed by atoms with Crippen molar-refractivity contribution in [3.05, 3.63) is 47.5 Å². The number of pyridine rings is 1. The molecule has 1 fully saturated rings. The van der Waals surface area contributed by atoms with Gasteiger partial charge in [-0.1, -0.05) is 13.0 Å². The predicted molar refractivity (Wildman–Crippen MR) is 118 cm³/mol. The number of nitrogens with two attached hydrogens (primary N) is 1. The molecule has 1 saturated heterocycles. The number of nitrogens with zero attached hydrogens (tertiary/aromatic N) is 3. The van der Waals surface area contributed by atoms with Crippen LogP contribution in [0.25, 0.3) is 11.1 Å². The zero-order chi connectivity index (χ0) is 22.3. The highest BCUT2D eigenvalue weighted by Gasteiger charge is 2.43. The van der Waals surface area contributed by atoms with E-state index in [1.807, 2.05) is 25.1 Å². The molecule has 0 aliphatic carbocycles. The Hall–Kier alpha value is -3.42. The second-order valence-electron chi connectivity index (χ2n) is 8.63. The molecular weight excluding hydrogens is 394 g/mol. The zero-order valence-corrected chi connectivity index (χ0v) is 18.2. The number of fused-ring (bicyclic) bond motifs is 1. The molecule has 3 aromatic rings. The Labute approximate surface area is 180 Å². The lowest BCUT2D eigenvalue weighted by atomic mass is 9.79. The normalized spacial score (nSPS) is 21.3. The maximum Gasteiger partial charge on any atom is 0.313 e. The molecule has 0 radical (unpaired) electrons. The van der Waals surface area contributed by atoms with E-state index in [1.54, 1.807) is 24.8 Å². The lowest BCUT2D eigenvalue weighted by Crippen LogP contribution is -2.55. The van der Waals surface area contributed by atoms with Crippen molar-refractivity contribution in [3.63, 3.8) is 0 Å². The Kier molecular flexibility index (Phi) is 5.16. The summed E-state index contributed by atoms with van der Waals surface area (Å²) in [5.74, 6) is 0.0161. The summed E-state index contributed by atoms with van der Waals surface area (Å²) in [5, 5.41) is 2.67. The van der Waals surface area contributed by atoms with E-state index >= 15 is 0 Å². The summed E-state index contributed by atoms with van der Waals surface area (Å²) >= 11 is 0. The van der Waals surface area contributed by atoms with Crippen molar-refractivity contribution >= 4 is 34.4 Å². The third-order valence-corrected chi connectivity index (χ3v) is 6.15. The highest BCUT2D eigenvalue weighted by atomic mass is 16.3. The van der Waals surface area contributed by atoms with Crippen LogP contribution in [0.15, 0.2) is 34.9 Å². The van der Waals surface area contributed by atoms with Crippen molar-refractivity contribution in [3.8, 4) is 0 Å². The van der Waals surface area contributed by atoms with Gasteiger partial charge in [-0.15, -0.1) is 0 Å². The van der Waals surface area contributed by atoms with Crippen LogP contribution in [-0.4, -0.2) is 33.2 Å². The highest BCUT2D eigenvalue weighted by molar-refractivity contribution is 6.39. The number of hydrogen-bond donors (Lipinski definition) is 2. The minimum atomic E-state index is -0.690. The maximum absolute atomic E-state index is 13.3. The molecule has 3 N–H and O–H groups in total. The van der Waals surface area contributed by atoms with Gasteiger partial charge in [-0.25, -0.2) is 9.97 Å². The Balaban J connectivity index is 1.64. The Morgan fingerprint density at radius 1 is 1.29 bits per heavy atom. The first kappa shape index (κ1) is 20.8. The average Bonchev–Trinajstić information content (AvgIpc) is 3.11. The van der Waals surface area contributed by atoms with Gasteiger partial charge in [-0.3, -0.25) is 9.59 Å². The second-order valence-corrected chi connectivity index (χ2v) is 8.63. The molecule has 0 bridgehead atoms. The lowest BCUT2D eigenvalue weighted by Gasteiger charge is -2.47. The molecule has 0 spiro atoms. The number of likely N-dealkylation sites (tertiary alicyclic amines) is 1. The van der Waals surface area contributed by atoms with Gasteiger partial charge >= 0.3 is 11.8 Å². The van der Waals surface area contributed by atoms with E-state index in [0.717, 1.165) is 29.5 Å². The summed E-state index contributed by atoms with van der Waals surface area (Å²) in [6.45, 7) is 8.20. The quantitative estimate of drug-likeness (QED) is 0.612. The summed E-state index contributed by atoms with van der Waals surface area (Å²) in [5.41, 5.74) is 8.68. The van der Waals surface area contributed by atoms with Gasteiger partial charge in [0.1, 0.15) is 11.3 Å². The number of oxazole rings is 1. The Morgan fingerprint density at radius 2 is 2.06 bits per heavy atom. The number of amides is 2. The van der Waals surface area contributed by atoms with Crippen LogP contribution < -0.4 is 11.1 Å². The highest BCUT2D eigenvalue weighted by Crippen LogP contribution is 2.40. The number of rotatable bonds is 2. The molecular formula is C23H27N5O3. The van der Waals surface area contributed by atoms with Gasteiger partial charge in [0.25, 0.3) is 0 Å². The number of anilines is 2. The van der Waals surface area contributed by atoms with Crippen LogP contribution in [0.3, 0.4) is 0 Å². The SMILES string of the molecule is Cc1nc2cc([C@]3(C)CC[C@H](C)CN3C(=O)C(=O)Nc3cnc(N)c(C)c3)ccc2o1. The summed E-state index contributed by atoms with van der Waals surface area (Å²) in [6, 6.07) is 7.48. The molecule has 3 heterocycles.